The van der Waals surface area contributed by atoms with E-state index in [9.17, 15) is 0 Å². The second-order valence-electron chi connectivity index (χ2n) is 3.78. The predicted molar refractivity (Wildman–Crippen MR) is 64.2 cm³/mol. The normalized spacial score (nSPS) is 20.7. The van der Waals surface area contributed by atoms with Crippen LogP contribution >= 0.6 is 12.4 Å². The number of piperidine rings is 1. The van der Waals surface area contributed by atoms with Crippen molar-refractivity contribution in [3.63, 3.8) is 0 Å². The molecule has 0 saturated carbocycles. The molecule has 3 nitrogen and oxygen atoms in total. The van der Waals surface area contributed by atoms with Crippen molar-refractivity contribution >= 4 is 12.4 Å². The summed E-state index contributed by atoms with van der Waals surface area (Å²) in [5, 5.41) is 6.94. The van der Waals surface area contributed by atoms with Gasteiger partial charge in [-0.3, -0.25) is 4.98 Å². The van der Waals surface area contributed by atoms with E-state index in [0.29, 0.717) is 6.04 Å². The fraction of sp³-hybridized carbons (Fsp3) is 0.545. The molecule has 1 saturated heterocycles. The van der Waals surface area contributed by atoms with Gasteiger partial charge >= 0.3 is 0 Å². The van der Waals surface area contributed by atoms with Crippen LogP contribution in [-0.4, -0.2) is 24.1 Å². The van der Waals surface area contributed by atoms with Crippen LogP contribution < -0.4 is 10.6 Å². The molecule has 84 valence electrons. The topological polar surface area (TPSA) is 37.0 Å². The van der Waals surface area contributed by atoms with Gasteiger partial charge in [0.2, 0.25) is 0 Å². The SMILES string of the molecule is Cl.c1cc(CN[C@H]2CCCNC2)ccn1. The van der Waals surface area contributed by atoms with Crippen LogP contribution in [0.2, 0.25) is 0 Å². The van der Waals surface area contributed by atoms with Crippen LogP contribution in [0.3, 0.4) is 0 Å². The molecule has 1 fully saturated rings. The van der Waals surface area contributed by atoms with Crippen LogP contribution in [-0.2, 0) is 6.54 Å². The number of hydrogen-bond acceptors (Lipinski definition) is 3. The molecule has 0 radical (unpaired) electrons. The first kappa shape index (κ1) is 12.4. The summed E-state index contributed by atoms with van der Waals surface area (Å²) in [5.41, 5.74) is 1.31. The number of pyridine rings is 1. The van der Waals surface area contributed by atoms with E-state index < -0.39 is 0 Å². The zero-order chi connectivity index (χ0) is 9.64. The summed E-state index contributed by atoms with van der Waals surface area (Å²) >= 11 is 0. The smallest absolute Gasteiger partial charge is 0.0271 e. The largest absolute Gasteiger partial charge is 0.315 e. The molecule has 1 aromatic rings. The standard InChI is InChI=1S/C11H17N3.ClH/c1-2-11(9-13-5-1)14-8-10-3-6-12-7-4-10;/h3-4,6-7,11,13-14H,1-2,5,8-9H2;1H/t11-;/m0./s1. The van der Waals surface area contributed by atoms with Gasteiger partial charge in [0.05, 0.1) is 0 Å². The Balaban J connectivity index is 0.00000112. The van der Waals surface area contributed by atoms with Gasteiger partial charge in [0.15, 0.2) is 0 Å². The first-order chi connectivity index (χ1) is 6.95. The summed E-state index contributed by atoms with van der Waals surface area (Å²) < 4.78 is 0. The zero-order valence-electron chi connectivity index (χ0n) is 8.78. The third-order valence-corrected chi connectivity index (χ3v) is 2.64. The zero-order valence-corrected chi connectivity index (χ0v) is 9.59. The highest BCUT2D eigenvalue weighted by Gasteiger charge is 2.11. The Kier molecular flexibility index (Phi) is 5.61. The van der Waals surface area contributed by atoms with E-state index in [1.54, 1.807) is 0 Å². The average molecular weight is 228 g/mol. The molecule has 0 bridgehead atoms. The molecule has 1 aliphatic rings. The van der Waals surface area contributed by atoms with Crippen molar-refractivity contribution in [2.75, 3.05) is 13.1 Å². The highest BCUT2D eigenvalue weighted by molar-refractivity contribution is 5.85. The highest BCUT2D eigenvalue weighted by atomic mass is 35.5. The van der Waals surface area contributed by atoms with E-state index in [1.807, 2.05) is 12.4 Å². The number of nitrogens with one attached hydrogen (secondary N) is 2. The van der Waals surface area contributed by atoms with Gasteiger partial charge in [-0.1, -0.05) is 0 Å². The Morgan fingerprint density at radius 2 is 2.20 bits per heavy atom. The Bertz CT molecular complexity index is 260. The lowest BCUT2D eigenvalue weighted by molar-refractivity contribution is 0.389. The van der Waals surface area contributed by atoms with Crippen molar-refractivity contribution in [2.24, 2.45) is 0 Å². The van der Waals surface area contributed by atoms with E-state index in [2.05, 4.69) is 27.8 Å². The molecule has 0 spiro atoms. The Labute approximate surface area is 97.1 Å². The molecule has 1 atom stereocenters. The average Bonchev–Trinajstić information content (AvgIpc) is 2.29. The minimum Gasteiger partial charge on any atom is -0.315 e. The molecule has 1 aliphatic heterocycles. The van der Waals surface area contributed by atoms with Crippen molar-refractivity contribution in [1.82, 2.24) is 15.6 Å². The second kappa shape index (κ2) is 6.77. The quantitative estimate of drug-likeness (QED) is 0.819. The van der Waals surface area contributed by atoms with E-state index in [4.69, 9.17) is 0 Å². The van der Waals surface area contributed by atoms with E-state index >= 15 is 0 Å². The third kappa shape index (κ3) is 4.16. The number of aromatic nitrogens is 1. The second-order valence-corrected chi connectivity index (χ2v) is 3.78. The van der Waals surface area contributed by atoms with Crippen molar-refractivity contribution in [1.29, 1.82) is 0 Å². The Morgan fingerprint density at radius 3 is 2.87 bits per heavy atom. The number of halogens is 1. The van der Waals surface area contributed by atoms with Crippen LogP contribution in [0.1, 0.15) is 18.4 Å². The number of rotatable bonds is 3. The maximum Gasteiger partial charge on any atom is 0.0271 e. The number of hydrogen-bond donors (Lipinski definition) is 2. The minimum absolute atomic E-state index is 0. The van der Waals surface area contributed by atoms with Gasteiger partial charge in [-0.05, 0) is 37.1 Å². The first-order valence-corrected chi connectivity index (χ1v) is 5.28. The van der Waals surface area contributed by atoms with Crippen molar-refractivity contribution in [3.8, 4) is 0 Å². The first-order valence-electron chi connectivity index (χ1n) is 5.28. The Morgan fingerprint density at radius 1 is 1.40 bits per heavy atom. The molecular formula is C11H18ClN3. The van der Waals surface area contributed by atoms with Crippen LogP contribution in [0.15, 0.2) is 24.5 Å². The minimum atomic E-state index is 0. The summed E-state index contributed by atoms with van der Waals surface area (Å²) in [6.45, 7) is 3.23. The van der Waals surface area contributed by atoms with Gasteiger partial charge < -0.3 is 10.6 Å². The van der Waals surface area contributed by atoms with Gasteiger partial charge in [0.1, 0.15) is 0 Å². The number of nitrogens with zero attached hydrogens (tertiary/aromatic N) is 1. The van der Waals surface area contributed by atoms with E-state index in [-0.39, 0.29) is 12.4 Å². The lowest BCUT2D eigenvalue weighted by Gasteiger charge is -2.23. The molecule has 15 heavy (non-hydrogen) atoms. The Hall–Kier alpha value is -0.640. The molecule has 0 amide bonds. The van der Waals surface area contributed by atoms with Crippen LogP contribution in [0, 0.1) is 0 Å². The van der Waals surface area contributed by atoms with Gasteiger partial charge in [0.25, 0.3) is 0 Å². The summed E-state index contributed by atoms with van der Waals surface area (Å²) in [5.74, 6) is 0. The van der Waals surface area contributed by atoms with Gasteiger partial charge in [-0.25, -0.2) is 0 Å². The van der Waals surface area contributed by atoms with Crippen LogP contribution in [0.25, 0.3) is 0 Å². The molecule has 0 aromatic carbocycles. The maximum absolute atomic E-state index is 4.00. The molecule has 1 aromatic heterocycles. The van der Waals surface area contributed by atoms with Gasteiger partial charge in [-0.15, -0.1) is 12.4 Å². The summed E-state index contributed by atoms with van der Waals surface area (Å²) in [6, 6.07) is 4.75. The summed E-state index contributed by atoms with van der Waals surface area (Å²) in [7, 11) is 0. The molecule has 4 heteroatoms. The molecular weight excluding hydrogens is 210 g/mol. The fourth-order valence-electron chi connectivity index (χ4n) is 1.79. The summed E-state index contributed by atoms with van der Waals surface area (Å²) in [4.78, 5) is 4.00. The van der Waals surface area contributed by atoms with Gasteiger partial charge in [0, 0.05) is 31.5 Å². The monoisotopic (exact) mass is 227 g/mol. The van der Waals surface area contributed by atoms with Crippen molar-refractivity contribution in [3.05, 3.63) is 30.1 Å². The lowest BCUT2D eigenvalue weighted by atomic mass is 10.1. The molecule has 2 N–H and O–H groups in total. The summed E-state index contributed by atoms with van der Waals surface area (Å²) in [6.07, 6.45) is 6.26. The predicted octanol–water partition coefficient (Wildman–Crippen LogP) is 1.34. The van der Waals surface area contributed by atoms with Crippen LogP contribution in [0.4, 0.5) is 0 Å². The highest BCUT2D eigenvalue weighted by Crippen LogP contribution is 2.03. The maximum atomic E-state index is 4.00. The molecule has 2 rings (SSSR count). The molecule has 0 aliphatic carbocycles. The molecule has 0 unspecified atom stereocenters. The molecule has 2 heterocycles. The fourth-order valence-corrected chi connectivity index (χ4v) is 1.79. The lowest BCUT2D eigenvalue weighted by Crippen LogP contribution is -2.42. The van der Waals surface area contributed by atoms with Crippen LogP contribution in [0.5, 0.6) is 0 Å². The van der Waals surface area contributed by atoms with Gasteiger partial charge in [-0.2, -0.15) is 0 Å². The third-order valence-electron chi connectivity index (χ3n) is 2.64. The van der Waals surface area contributed by atoms with E-state index in [0.717, 1.165) is 13.1 Å². The van der Waals surface area contributed by atoms with Crippen molar-refractivity contribution in [2.45, 2.75) is 25.4 Å². The van der Waals surface area contributed by atoms with Crippen molar-refractivity contribution < 1.29 is 0 Å². The van der Waals surface area contributed by atoms with E-state index in [1.165, 1.54) is 24.9 Å².